The number of carbonyl (C=O) groups excluding carboxylic acids is 2. The van der Waals surface area contributed by atoms with Gasteiger partial charge in [0.25, 0.3) is 0 Å². The molecule has 0 aliphatic carbocycles. The second kappa shape index (κ2) is 8.48. The zero-order chi connectivity index (χ0) is 16.7. The van der Waals surface area contributed by atoms with Crippen molar-refractivity contribution in [3.8, 4) is 5.75 Å². The van der Waals surface area contributed by atoms with E-state index in [1.807, 2.05) is 24.3 Å². The van der Waals surface area contributed by atoms with Crippen LogP contribution in [0.5, 0.6) is 5.75 Å². The van der Waals surface area contributed by atoms with E-state index in [-0.39, 0.29) is 11.7 Å². The molecule has 120 valence electrons. The molecule has 2 aromatic carbocycles. The van der Waals surface area contributed by atoms with Gasteiger partial charge in [-0.15, -0.1) is 0 Å². The number of Topliss-reactive ketones (excluding diaryl/α,β-unsaturated/α-hetero) is 1. The summed E-state index contributed by atoms with van der Waals surface area (Å²) < 4.78 is 6.51. The smallest absolute Gasteiger partial charge is 0.224 e. The van der Waals surface area contributed by atoms with E-state index in [2.05, 4.69) is 21.2 Å². The zero-order valence-electron chi connectivity index (χ0n) is 12.8. The first kappa shape index (κ1) is 17.2. The Morgan fingerprint density at radius 2 is 1.91 bits per heavy atom. The minimum Gasteiger partial charge on any atom is -0.492 e. The van der Waals surface area contributed by atoms with Crippen LogP contribution in [0.1, 0.15) is 30.1 Å². The van der Waals surface area contributed by atoms with E-state index < -0.39 is 0 Å². The van der Waals surface area contributed by atoms with Crippen molar-refractivity contribution >= 4 is 33.3 Å². The number of hydrogen-bond donors (Lipinski definition) is 1. The zero-order valence-corrected chi connectivity index (χ0v) is 14.4. The van der Waals surface area contributed by atoms with E-state index >= 15 is 0 Å². The van der Waals surface area contributed by atoms with Crippen LogP contribution in [0.15, 0.2) is 53.0 Å². The maximum absolute atomic E-state index is 11.9. The van der Waals surface area contributed by atoms with Crippen LogP contribution in [0.25, 0.3) is 0 Å². The molecule has 0 unspecified atom stereocenters. The number of rotatable bonds is 7. The summed E-state index contributed by atoms with van der Waals surface area (Å²) in [5.41, 5.74) is 1.22. The maximum atomic E-state index is 11.9. The minimum absolute atomic E-state index is 0.0251. The summed E-state index contributed by atoms with van der Waals surface area (Å²) >= 11 is 3.41. The molecule has 0 bridgehead atoms. The van der Waals surface area contributed by atoms with Crippen molar-refractivity contribution in [1.82, 2.24) is 0 Å². The van der Waals surface area contributed by atoms with Gasteiger partial charge in [0.2, 0.25) is 5.91 Å². The van der Waals surface area contributed by atoms with Crippen molar-refractivity contribution in [2.75, 3.05) is 11.9 Å². The Morgan fingerprint density at radius 3 is 2.65 bits per heavy atom. The normalized spacial score (nSPS) is 10.2. The van der Waals surface area contributed by atoms with E-state index in [1.165, 1.54) is 6.92 Å². The number of nitrogens with one attached hydrogen (secondary N) is 1. The van der Waals surface area contributed by atoms with Crippen LogP contribution in [0.2, 0.25) is 0 Å². The molecule has 2 aromatic rings. The topological polar surface area (TPSA) is 55.4 Å². The highest BCUT2D eigenvalue weighted by molar-refractivity contribution is 9.10. The van der Waals surface area contributed by atoms with Crippen LogP contribution in [0, 0.1) is 0 Å². The average Bonchev–Trinajstić information content (AvgIpc) is 2.53. The molecular weight excluding hydrogens is 358 g/mol. The van der Waals surface area contributed by atoms with E-state index in [0.29, 0.717) is 30.7 Å². The highest BCUT2D eigenvalue weighted by Crippen LogP contribution is 2.23. The third kappa shape index (κ3) is 5.53. The number of ketones is 1. The van der Waals surface area contributed by atoms with Crippen LogP contribution >= 0.6 is 15.9 Å². The second-order valence-electron chi connectivity index (χ2n) is 5.07. The van der Waals surface area contributed by atoms with Gasteiger partial charge in [-0.3, -0.25) is 9.59 Å². The number of para-hydroxylation sites is 1. The molecule has 0 saturated heterocycles. The predicted molar refractivity (Wildman–Crippen MR) is 93.9 cm³/mol. The Bertz CT molecular complexity index is 700. The quantitative estimate of drug-likeness (QED) is 0.574. The fourth-order valence-electron chi connectivity index (χ4n) is 2.02. The molecule has 2 rings (SSSR count). The van der Waals surface area contributed by atoms with Gasteiger partial charge in [-0.05, 0) is 53.5 Å². The fraction of sp³-hybridized carbons (Fsp3) is 0.222. The van der Waals surface area contributed by atoms with Gasteiger partial charge in [-0.25, -0.2) is 0 Å². The lowest BCUT2D eigenvalue weighted by Gasteiger charge is -2.08. The molecule has 0 atom stereocenters. The van der Waals surface area contributed by atoms with Crippen molar-refractivity contribution in [2.45, 2.75) is 19.8 Å². The number of hydrogen-bond acceptors (Lipinski definition) is 3. The lowest BCUT2D eigenvalue weighted by atomic mass is 10.1. The monoisotopic (exact) mass is 375 g/mol. The van der Waals surface area contributed by atoms with Gasteiger partial charge in [-0.1, -0.05) is 24.3 Å². The van der Waals surface area contributed by atoms with Crippen molar-refractivity contribution in [3.05, 3.63) is 58.6 Å². The fourth-order valence-corrected chi connectivity index (χ4v) is 2.42. The van der Waals surface area contributed by atoms with Gasteiger partial charge in [-0.2, -0.15) is 0 Å². The lowest BCUT2D eigenvalue weighted by molar-refractivity contribution is -0.116. The highest BCUT2D eigenvalue weighted by Gasteiger charge is 2.05. The molecule has 4 nitrogen and oxygen atoms in total. The van der Waals surface area contributed by atoms with Crippen LogP contribution in [0.4, 0.5) is 5.69 Å². The number of carbonyl (C=O) groups is 2. The number of benzene rings is 2. The Balaban J connectivity index is 1.76. The van der Waals surface area contributed by atoms with Crippen LogP contribution < -0.4 is 10.1 Å². The number of ether oxygens (including phenoxy) is 1. The summed E-state index contributed by atoms with van der Waals surface area (Å²) in [4.78, 5) is 23.2. The molecule has 0 fully saturated rings. The van der Waals surface area contributed by atoms with Crippen molar-refractivity contribution in [3.63, 3.8) is 0 Å². The van der Waals surface area contributed by atoms with Crippen molar-refractivity contribution in [2.24, 2.45) is 0 Å². The van der Waals surface area contributed by atoms with Gasteiger partial charge in [0.05, 0.1) is 11.1 Å². The van der Waals surface area contributed by atoms with Crippen molar-refractivity contribution in [1.29, 1.82) is 0 Å². The van der Waals surface area contributed by atoms with Crippen LogP contribution in [0.3, 0.4) is 0 Å². The van der Waals surface area contributed by atoms with E-state index in [9.17, 15) is 9.59 Å². The first-order valence-corrected chi connectivity index (χ1v) is 8.14. The molecule has 0 aliphatic heterocycles. The molecule has 5 heteroatoms. The molecule has 1 N–H and O–H groups in total. The van der Waals surface area contributed by atoms with Gasteiger partial charge in [0.1, 0.15) is 5.75 Å². The standard InChI is InChI=1S/C18H18BrNO3/c1-13(21)14-6-4-7-15(12-14)20-18(22)10-5-11-23-17-9-3-2-8-16(17)19/h2-4,6-9,12H,5,10-11H2,1H3,(H,20,22). The Kier molecular flexibility index (Phi) is 6.35. The second-order valence-corrected chi connectivity index (χ2v) is 5.92. The molecule has 0 aromatic heterocycles. The van der Waals surface area contributed by atoms with Gasteiger partial charge < -0.3 is 10.1 Å². The first-order chi connectivity index (χ1) is 11.1. The van der Waals surface area contributed by atoms with Crippen LogP contribution in [-0.4, -0.2) is 18.3 Å². The number of halogens is 1. The van der Waals surface area contributed by atoms with E-state index in [4.69, 9.17) is 4.74 Å². The summed E-state index contributed by atoms with van der Waals surface area (Å²) in [5, 5.41) is 2.79. The predicted octanol–water partition coefficient (Wildman–Crippen LogP) is 4.45. The SMILES string of the molecule is CC(=O)c1cccc(NC(=O)CCCOc2ccccc2Br)c1. The molecular formula is C18H18BrNO3. The molecule has 0 heterocycles. The molecule has 23 heavy (non-hydrogen) atoms. The van der Waals surface area contributed by atoms with Gasteiger partial charge >= 0.3 is 0 Å². The Morgan fingerprint density at radius 1 is 1.13 bits per heavy atom. The van der Waals surface area contributed by atoms with Crippen LogP contribution in [-0.2, 0) is 4.79 Å². The third-order valence-electron chi connectivity index (χ3n) is 3.20. The Hall–Kier alpha value is -2.14. The molecule has 0 aliphatic rings. The van der Waals surface area contributed by atoms with Crippen molar-refractivity contribution < 1.29 is 14.3 Å². The summed E-state index contributed by atoms with van der Waals surface area (Å²) in [6, 6.07) is 14.5. The summed E-state index contributed by atoms with van der Waals surface area (Å²) in [6.07, 6.45) is 0.967. The molecule has 1 amide bonds. The summed E-state index contributed by atoms with van der Waals surface area (Å²) in [5.74, 6) is 0.645. The summed E-state index contributed by atoms with van der Waals surface area (Å²) in [6.45, 7) is 1.96. The van der Waals surface area contributed by atoms with Gasteiger partial charge in [0.15, 0.2) is 5.78 Å². The molecule has 0 saturated carbocycles. The maximum Gasteiger partial charge on any atom is 0.224 e. The van der Waals surface area contributed by atoms with Gasteiger partial charge in [0, 0.05) is 17.7 Å². The lowest BCUT2D eigenvalue weighted by Crippen LogP contribution is -2.13. The van der Waals surface area contributed by atoms with E-state index in [0.717, 1.165) is 10.2 Å². The minimum atomic E-state index is -0.0959. The number of amides is 1. The Labute approximate surface area is 144 Å². The summed E-state index contributed by atoms with van der Waals surface area (Å²) in [7, 11) is 0. The highest BCUT2D eigenvalue weighted by atomic mass is 79.9. The number of anilines is 1. The average molecular weight is 376 g/mol. The molecule has 0 radical (unpaired) electrons. The molecule has 0 spiro atoms. The first-order valence-electron chi connectivity index (χ1n) is 7.34. The largest absolute Gasteiger partial charge is 0.492 e. The van der Waals surface area contributed by atoms with E-state index in [1.54, 1.807) is 24.3 Å². The third-order valence-corrected chi connectivity index (χ3v) is 3.85.